The Kier molecular flexibility index (Phi) is 4.20. The lowest BCUT2D eigenvalue weighted by atomic mass is 10.0. The maximum absolute atomic E-state index is 13.9. The molecule has 0 saturated carbocycles. The minimum atomic E-state index is -2.90. The van der Waals surface area contributed by atoms with E-state index < -0.39 is 30.2 Å². The number of carbonyl (C=O) groups excluding carboxylic acids is 1. The summed E-state index contributed by atoms with van der Waals surface area (Å²) in [6, 6.07) is -0.823. The maximum Gasteiger partial charge on any atom is 0.410 e. The van der Waals surface area contributed by atoms with E-state index in [0.717, 1.165) is 4.90 Å². The van der Waals surface area contributed by atoms with Crippen LogP contribution in [0.3, 0.4) is 0 Å². The molecule has 1 aliphatic rings. The van der Waals surface area contributed by atoms with Crippen molar-refractivity contribution < 1.29 is 18.3 Å². The summed E-state index contributed by atoms with van der Waals surface area (Å²) >= 11 is 0. The van der Waals surface area contributed by atoms with Crippen LogP contribution in [0.1, 0.15) is 27.2 Å². The SMILES string of the molecule is CN(C)C1CCN(C(=O)OC(C)(C)C)CC1(F)F. The van der Waals surface area contributed by atoms with Crippen molar-refractivity contribution in [3.63, 3.8) is 0 Å². The molecule has 0 radical (unpaired) electrons. The average Bonchev–Trinajstić information content (AvgIpc) is 2.12. The van der Waals surface area contributed by atoms with Crippen LogP contribution in [0.4, 0.5) is 13.6 Å². The third-order valence-electron chi connectivity index (χ3n) is 2.84. The number of alkyl halides is 2. The maximum atomic E-state index is 13.9. The van der Waals surface area contributed by atoms with Crippen molar-refractivity contribution in [2.24, 2.45) is 0 Å². The average molecular weight is 264 g/mol. The molecule has 0 aromatic carbocycles. The van der Waals surface area contributed by atoms with Crippen LogP contribution in [-0.4, -0.2) is 60.6 Å². The number of hydrogen-bond donors (Lipinski definition) is 0. The standard InChI is InChI=1S/C12H22F2N2O2/c1-11(2,3)18-10(17)16-7-6-9(15(4)5)12(13,14)8-16/h9H,6-8H2,1-5H3. The first-order valence-electron chi connectivity index (χ1n) is 6.05. The number of ether oxygens (including phenoxy) is 1. The predicted molar refractivity (Wildman–Crippen MR) is 64.8 cm³/mol. The Morgan fingerprint density at radius 2 is 1.94 bits per heavy atom. The third-order valence-corrected chi connectivity index (χ3v) is 2.84. The quantitative estimate of drug-likeness (QED) is 0.728. The molecular formula is C12H22F2N2O2. The van der Waals surface area contributed by atoms with Gasteiger partial charge in [0, 0.05) is 6.54 Å². The Morgan fingerprint density at radius 3 is 2.33 bits per heavy atom. The Bertz CT molecular complexity index is 314. The number of nitrogens with zero attached hydrogens (tertiary/aromatic N) is 2. The summed E-state index contributed by atoms with van der Waals surface area (Å²) in [7, 11) is 3.25. The highest BCUT2D eigenvalue weighted by molar-refractivity contribution is 5.68. The molecule has 18 heavy (non-hydrogen) atoms. The first kappa shape index (κ1) is 15.1. The van der Waals surface area contributed by atoms with Gasteiger partial charge in [-0.2, -0.15) is 0 Å². The van der Waals surface area contributed by atoms with Crippen LogP contribution in [0.15, 0.2) is 0 Å². The Hall–Kier alpha value is -0.910. The number of likely N-dealkylation sites (tertiary alicyclic amines) is 1. The van der Waals surface area contributed by atoms with Crippen molar-refractivity contribution in [2.45, 2.75) is 44.8 Å². The van der Waals surface area contributed by atoms with Crippen LogP contribution in [0.2, 0.25) is 0 Å². The van der Waals surface area contributed by atoms with Gasteiger partial charge in [-0.3, -0.25) is 0 Å². The lowest BCUT2D eigenvalue weighted by Gasteiger charge is -2.41. The zero-order valence-electron chi connectivity index (χ0n) is 11.7. The van der Waals surface area contributed by atoms with Gasteiger partial charge in [-0.1, -0.05) is 0 Å². The molecule has 0 bridgehead atoms. The predicted octanol–water partition coefficient (Wildman–Crippen LogP) is 2.19. The minimum absolute atomic E-state index is 0.249. The van der Waals surface area contributed by atoms with Crippen LogP contribution in [-0.2, 0) is 4.74 Å². The van der Waals surface area contributed by atoms with Gasteiger partial charge in [0.1, 0.15) is 5.60 Å². The van der Waals surface area contributed by atoms with Crippen molar-refractivity contribution in [1.29, 1.82) is 0 Å². The number of hydrogen-bond acceptors (Lipinski definition) is 3. The van der Waals surface area contributed by atoms with E-state index in [1.807, 2.05) is 0 Å². The van der Waals surface area contributed by atoms with Crippen LogP contribution in [0.5, 0.6) is 0 Å². The monoisotopic (exact) mass is 264 g/mol. The van der Waals surface area contributed by atoms with Crippen LogP contribution in [0, 0.1) is 0 Å². The molecule has 1 amide bonds. The van der Waals surface area contributed by atoms with E-state index in [9.17, 15) is 13.6 Å². The van der Waals surface area contributed by atoms with Gasteiger partial charge in [-0.05, 0) is 41.3 Å². The molecule has 0 aromatic heterocycles. The Morgan fingerprint density at radius 1 is 1.39 bits per heavy atom. The van der Waals surface area contributed by atoms with Crippen molar-refractivity contribution in [3.8, 4) is 0 Å². The highest BCUT2D eigenvalue weighted by Crippen LogP contribution is 2.30. The van der Waals surface area contributed by atoms with E-state index >= 15 is 0 Å². The summed E-state index contributed by atoms with van der Waals surface area (Å²) in [5.41, 5.74) is -0.662. The molecular weight excluding hydrogens is 242 g/mol. The van der Waals surface area contributed by atoms with Gasteiger partial charge < -0.3 is 14.5 Å². The fraction of sp³-hybridized carbons (Fsp3) is 0.917. The molecule has 0 aromatic rings. The normalized spacial score (nSPS) is 24.2. The highest BCUT2D eigenvalue weighted by atomic mass is 19.3. The number of amides is 1. The lowest BCUT2D eigenvalue weighted by Crippen LogP contribution is -2.58. The first-order chi connectivity index (χ1) is 8.03. The van der Waals surface area contributed by atoms with Gasteiger partial charge in [-0.15, -0.1) is 0 Å². The number of piperidine rings is 1. The van der Waals surface area contributed by atoms with Crippen molar-refractivity contribution in [2.75, 3.05) is 27.2 Å². The molecule has 1 atom stereocenters. The summed E-state index contributed by atoms with van der Waals surface area (Å²) in [6.07, 6.45) is -0.418. The van der Waals surface area contributed by atoms with Gasteiger partial charge >= 0.3 is 6.09 Å². The number of carbonyl (C=O) groups is 1. The molecule has 1 heterocycles. The third kappa shape index (κ3) is 3.80. The van der Waals surface area contributed by atoms with Crippen LogP contribution in [0.25, 0.3) is 0 Å². The molecule has 0 aliphatic carbocycles. The van der Waals surface area contributed by atoms with E-state index in [4.69, 9.17) is 4.74 Å². The Labute approximate surface area is 107 Å². The summed E-state index contributed by atoms with van der Waals surface area (Å²) in [5, 5.41) is 0. The fourth-order valence-electron chi connectivity index (χ4n) is 2.05. The first-order valence-corrected chi connectivity index (χ1v) is 6.05. The van der Waals surface area contributed by atoms with E-state index in [1.54, 1.807) is 34.9 Å². The van der Waals surface area contributed by atoms with Gasteiger partial charge in [0.2, 0.25) is 0 Å². The number of halogens is 2. The second-order valence-electron chi connectivity index (χ2n) is 5.93. The molecule has 4 nitrogen and oxygen atoms in total. The molecule has 0 spiro atoms. The van der Waals surface area contributed by atoms with E-state index in [0.29, 0.717) is 6.54 Å². The smallest absolute Gasteiger partial charge is 0.410 e. The topological polar surface area (TPSA) is 32.8 Å². The molecule has 106 valence electrons. The van der Waals surface area contributed by atoms with Gasteiger partial charge in [-0.25, -0.2) is 13.6 Å². The largest absolute Gasteiger partial charge is 0.444 e. The molecule has 1 aliphatic heterocycles. The zero-order valence-corrected chi connectivity index (χ0v) is 11.7. The fourth-order valence-corrected chi connectivity index (χ4v) is 2.05. The minimum Gasteiger partial charge on any atom is -0.444 e. The molecule has 1 saturated heterocycles. The summed E-state index contributed by atoms with van der Waals surface area (Å²) in [4.78, 5) is 14.3. The van der Waals surface area contributed by atoms with Crippen LogP contribution < -0.4 is 0 Å². The van der Waals surface area contributed by atoms with Gasteiger partial charge in [0.05, 0.1) is 12.6 Å². The molecule has 1 fully saturated rings. The number of rotatable bonds is 1. The second kappa shape index (κ2) is 4.99. The second-order valence-corrected chi connectivity index (χ2v) is 5.93. The summed E-state index contributed by atoms with van der Waals surface area (Å²) in [6.45, 7) is 4.87. The molecule has 0 N–H and O–H groups in total. The Balaban J connectivity index is 2.66. The highest BCUT2D eigenvalue weighted by Gasteiger charge is 2.47. The zero-order chi connectivity index (χ0) is 14.1. The van der Waals surface area contributed by atoms with E-state index in [-0.39, 0.29) is 6.42 Å². The summed E-state index contributed by atoms with van der Waals surface area (Å²) < 4.78 is 32.8. The summed E-state index contributed by atoms with van der Waals surface area (Å²) in [5.74, 6) is -2.90. The van der Waals surface area contributed by atoms with Gasteiger partial charge in [0.25, 0.3) is 5.92 Å². The molecule has 6 heteroatoms. The molecule has 1 unspecified atom stereocenters. The van der Waals surface area contributed by atoms with Gasteiger partial charge in [0.15, 0.2) is 0 Å². The van der Waals surface area contributed by atoms with Crippen molar-refractivity contribution in [3.05, 3.63) is 0 Å². The lowest BCUT2D eigenvalue weighted by molar-refractivity contribution is -0.116. The van der Waals surface area contributed by atoms with E-state index in [2.05, 4.69) is 0 Å². The van der Waals surface area contributed by atoms with E-state index in [1.165, 1.54) is 4.90 Å². The van der Waals surface area contributed by atoms with Crippen molar-refractivity contribution in [1.82, 2.24) is 9.80 Å². The van der Waals surface area contributed by atoms with Crippen LogP contribution >= 0.6 is 0 Å². The molecule has 1 rings (SSSR count). The van der Waals surface area contributed by atoms with Crippen molar-refractivity contribution >= 4 is 6.09 Å².